The third-order valence-electron chi connectivity index (χ3n) is 6.18. The predicted octanol–water partition coefficient (Wildman–Crippen LogP) is 3.63. The number of hydrogen-bond donors (Lipinski definition) is 0. The average molecular weight is 425 g/mol. The fourth-order valence-corrected chi connectivity index (χ4v) is 4.30. The molecule has 31 heavy (non-hydrogen) atoms. The number of hydrogen-bond acceptors (Lipinski definition) is 6. The molecule has 2 aromatic rings. The van der Waals surface area contributed by atoms with Crippen molar-refractivity contribution in [1.82, 2.24) is 9.88 Å². The van der Waals surface area contributed by atoms with Gasteiger partial charge in [0, 0.05) is 52.0 Å². The number of aromatic nitrogens is 1. The van der Waals surface area contributed by atoms with Gasteiger partial charge in [-0.25, -0.2) is 0 Å². The summed E-state index contributed by atoms with van der Waals surface area (Å²) in [6, 6.07) is 6.45. The highest BCUT2D eigenvalue weighted by Gasteiger charge is 2.30. The zero-order chi connectivity index (χ0) is 21.8. The number of nitrogens with zero attached hydrogens (tertiary/aromatic N) is 2. The van der Waals surface area contributed by atoms with Gasteiger partial charge in [-0.1, -0.05) is 6.08 Å². The third kappa shape index (κ3) is 4.83. The Kier molecular flexibility index (Phi) is 6.72. The minimum Gasteiger partial charge on any atom is -0.492 e. The lowest BCUT2D eigenvalue weighted by Gasteiger charge is -2.31. The Balaban J connectivity index is 1.50. The minimum atomic E-state index is -0.713. The Hall–Kier alpha value is -2.25. The van der Waals surface area contributed by atoms with Crippen molar-refractivity contribution in [3.8, 4) is 17.0 Å². The molecule has 6 heteroatoms. The Morgan fingerprint density at radius 3 is 2.45 bits per heavy atom. The first-order chi connectivity index (χ1) is 15.0. The van der Waals surface area contributed by atoms with Gasteiger partial charge in [0.2, 0.25) is 0 Å². The fourth-order valence-electron chi connectivity index (χ4n) is 4.30. The average Bonchev–Trinajstić information content (AvgIpc) is 2.80. The van der Waals surface area contributed by atoms with E-state index in [1.165, 1.54) is 0 Å². The van der Waals surface area contributed by atoms with E-state index in [1.54, 1.807) is 14.2 Å². The van der Waals surface area contributed by atoms with Gasteiger partial charge in [0.15, 0.2) is 5.79 Å². The lowest BCUT2D eigenvalue weighted by atomic mass is 9.92. The molecule has 166 valence electrons. The van der Waals surface area contributed by atoms with E-state index in [4.69, 9.17) is 23.9 Å². The second-order valence-electron chi connectivity index (χ2n) is 8.24. The molecule has 2 aliphatic rings. The maximum Gasteiger partial charge on any atom is 0.191 e. The maximum atomic E-state index is 6.16. The number of aryl methyl sites for hydroxylation is 2. The molecule has 6 nitrogen and oxygen atoms in total. The summed E-state index contributed by atoms with van der Waals surface area (Å²) in [4.78, 5) is 7.09. The van der Waals surface area contributed by atoms with Gasteiger partial charge in [0.1, 0.15) is 12.4 Å². The van der Waals surface area contributed by atoms with Crippen LogP contribution in [0.15, 0.2) is 30.5 Å². The van der Waals surface area contributed by atoms with Gasteiger partial charge in [-0.2, -0.15) is 0 Å². The number of pyridine rings is 1. The van der Waals surface area contributed by atoms with Crippen LogP contribution in [-0.4, -0.2) is 69.3 Å². The number of benzene rings is 1. The molecule has 1 aromatic heterocycles. The second kappa shape index (κ2) is 9.49. The predicted molar refractivity (Wildman–Crippen MR) is 121 cm³/mol. The highest BCUT2D eigenvalue weighted by Crippen LogP contribution is 2.33. The topological polar surface area (TPSA) is 53.0 Å². The molecule has 0 spiro atoms. The molecule has 1 aliphatic heterocycles. The van der Waals surface area contributed by atoms with Gasteiger partial charge in [-0.15, -0.1) is 0 Å². The number of ether oxygens (including phenoxy) is 4. The van der Waals surface area contributed by atoms with Crippen LogP contribution in [0.3, 0.4) is 0 Å². The first kappa shape index (κ1) is 22.0. The van der Waals surface area contributed by atoms with E-state index in [-0.39, 0.29) is 0 Å². The number of fused-ring (bicyclic) bond motifs is 1. The lowest BCUT2D eigenvalue weighted by Crippen LogP contribution is -2.38. The third-order valence-corrected chi connectivity index (χ3v) is 6.18. The molecule has 0 unspecified atom stereocenters. The van der Waals surface area contributed by atoms with Crippen LogP contribution >= 0.6 is 0 Å². The molecule has 4 rings (SSSR count). The number of rotatable bonds is 7. The van der Waals surface area contributed by atoms with Crippen LogP contribution in [0.4, 0.5) is 0 Å². The van der Waals surface area contributed by atoms with Gasteiger partial charge >= 0.3 is 0 Å². The molecule has 0 atom stereocenters. The van der Waals surface area contributed by atoms with E-state index in [9.17, 15) is 0 Å². The molecule has 1 aliphatic carbocycles. The first-order valence-corrected chi connectivity index (χ1v) is 10.9. The van der Waals surface area contributed by atoms with Crippen LogP contribution in [-0.2, 0) is 20.6 Å². The van der Waals surface area contributed by atoms with Crippen LogP contribution in [0.2, 0.25) is 0 Å². The van der Waals surface area contributed by atoms with Crippen LogP contribution in [0.1, 0.15) is 22.3 Å². The standard InChI is InChI=1S/C25H32N2O4/c1-18-13-21(14-19(2)24(18)31-12-9-27-7-10-30-11-8-27)23-15-22-16-25(28-3,29-4)6-5-20(22)17-26-23/h5-6,13-15,17H,7-12,16H2,1-4H3. The van der Waals surface area contributed by atoms with Crippen molar-refractivity contribution in [2.45, 2.75) is 26.1 Å². The first-order valence-electron chi connectivity index (χ1n) is 10.9. The van der Waals surface area contributed by atoms with E-state index in [0.717, 1.165) is 72.1 Å². The fraction of sp³-hybridized carbons (Fsp3) is 0.480. The van der Waals surface area contributed by atoms with Crippen molar-refractivity contribution in [3.05, 3.63) is 52.7 Å². The van der Waals surface area contributed by atoms with Crippen molar-refractivity contribution in [2.24, 2.45) is 0 Å². The maximum absolute atomic E-state index is 6.16. The largest absolute Gasteiger partial charge is 0.492 e. The lowest BCUT2D eigenvalue weighted by molar-refractivity contribution is -0.168. The highest BCUT2D eigenvalue weighted by atomic mass is 16.7. The summed E-state index contributed by atoms with van der Waals surface area (Å²) in [7, 11) is 3.34. The smallest absolute Gasteiger partial charge is 0.191 e. The molecule has 1 saturated heterocycles. The summed E-state index contributed by atoms with van der Waals surface area (Å²) in [5.41, 5.74) is 6.55. The molecule has 2 heterocycles. The molecule has 0 radical (unpaired) electrons. The summed E-state index contributed by atoms with van der Waals surface area (Å²) in [6.07, 6.45) is 6.55. The van der Waals surface area contributed by atoms with Crippen molar-refractivity contribution in [1.29, 1.82) is 0 Å². The van der Waals surface area contributed by atoms with E-state index >= 15 is 0 Å². The van der Waals surface area contributed by atoms with Gasteiger partial charge in [-0.3, -0.25) is 9.88 Å². The normalized spacial score (nSPS) is 18.1. The number of morpholine rings is 1. The quantitative estimate of drug-likeness (QED) is 0.633. The van der Waals surface area contributed by atoms with Gasteiger partial charge in [0.25, 0.3) is 0 Å². The van der Waals surface area contributed by atoms with E-state index < -0.39 is 5.79 Å². The molecule has 1 aromatic carbocycles. The van der Waals surface area contributed by atoms with Crippen LogP contribution in [0.25, 0.3) is 17.3 Å². The highest BCUT2D eigenvalue weighted by molar-refractivity contribution is 5.68. The monoisotopic (exact) mass is 424 g/mol. The Bertz CT molecular complexity index is 924. The Labute approximate surface area is 184 Å². The van der Waals surface area contributed by atoms with Crippen LogP contribution in [0, 0.1) is 13.8 Å². The molecule has 1 fully saturated rings. The minimum absolute atomic E-state index is 0.655. The molecular weight excluding hydrogens is 392 g/mol. The van der Waals surface area contributed by atoms with Crippen molar-refractivity contribution < 1.29 is 18.9 Å². The van der Waals surface area contributed by atoms with Gasteiger partial charge in [0.05, 0.1) is 18.9 Å². The summed E-state index contributed by atoms with van der Waals surface area (Å²) in [5, 5.41) is 0. The van der Waals surface area contributed by atoms with Crippen molar-refractivity contribution in [3.63, 3.8) is 0 Å². The molecule has 0 amide bonds. The Morgan fingerprint density at radius 1 is 1.06 bits per heavy atom. The van der Waals surface area contributed by atoms with E-state index in [0.29, 0.717) is 13.0 Å². The molecular formula is C25H32N2O4. The molecule has 0 N–H and O–H groups in total. The molecule has 0 saturated carbocycles. The van der Waals surface area contributed by atoms with Gasteiger partial charge < -0.3 is 18.9 Å². The van der Waals surface area contributed by atoms with Crippen LogP contribution < -0.4 is 4.74 Å². The van der Waals surface area contributed by atoms with E-state index in [1.807, 2.05) is 18.3 Å². The summed E-state index contributed by atoms with van der Waals surface area (Å²) in [6.45, 7) is 9.38. The SMILES string of the molecule is COC1(OC)C=Cc2cnc(-c3cc(C)c(OCCN4CCOCC4)c(C)c3)cc2C1. The zero-order valence-electron chi connectivity index (χ0n) is 18.9. The van der Waals surface area contributed by atoms with Crippen molar-refractivity contribution >= 4 is 6.08 Å². The zero-order valence-corrected chi connectivity index (χ0v) is 18.9. The molecule has 0 bridgehead atoms. The summed E-state index contributed by atoms with van der Waals surface area (Å²) < 4.78 is 22.8. The van der Waals surface area contributed by atoms with Crippen molar-refractivity contribution in [2.75, 3.05) is 53.7 Å². The summed E-state index contributed by atoms with van der Waals surface area (Å²) >= 11 is 0. The van der Waals surface area contributed by atoms with E-state index in [2.05, 4.69) is 36.9 Å². The Morgan fingerprint density at radius 2 is 1.77 bits per heavy atom. The second-order valence-corrected chi connectivity index (χ2v) is 8.24. The number of methoxy groups -OCH3 is 2. The summed E-state index contributed by atoms with van der Waals surface area (Å²) in [5.74, 6) is 0.256. The van der Waals surface area contributed by atoms with Crippen LogP contribution in [0.5, 0.6) is 5.75 Å². The van der Waals surface area contributed by atoms with Gasteiger partial charge in [-0.05, 0) is 60.4 Å².